The molecule has 0 aliphatic heterocycles. The Morgan fingerprint density at radius 2 is 2.00 bits per heavy atom. The third-order valence-electron chi connectivity index (χ3n) is 6.11. The van der Waals surface area contributed by atoms with Crippen molar-refractivity contribution in [3.8, 4) is 11.4 Å². The lowest BCUT2D eigenvalue weighted by Gasteiger charge is -2.23. The number of nitrogens with one attached hydrogen (secondary N) is 1. The van der Waals surface area contributed by atoms with Crippen molar-refractivity contribution in [3.05, 3.63) is 47.7 Å². The van der Waals surface area contributed by atoms with E-state index in [9.17, 15) is 0 Å². The summed E-state index contributed by atoms with van der Waals surface area (Å²) in [4.78, 5) is 13.5. The van der Waals surface area contributed by atoms with E-state index in [2.05, 4.69) is 46.8 Å². The maximum absolute atomic E-state index is 5.20. The largest absolute Gasteiger partial charge is 0.360 e. The summed E-state index contributed by atoms with van der Waals surface area (Å²) in [6.07, 6.45) is 11.1. The molecule has 2 heterocycles. The van der Waals surface area contributed by atoms with E-state index in [4.69, 9.17) is 9.78 Å². The van der Waals surface area contributed by atoms with E-state index in [0.717, 1.165) is 12.1 Å². The highest BCUT2D eigenvalue weighted by Gasteiger charge is 2.26. The summed E-state index contributed by atoms with van der Waals surface area (Å²) in [7, 11) is 1.56. The second-order valence-corrected chi connectivity index (χ2v) is 7.97. The van der Waals surface area contributed by atoms with Crippen molar-refractivity contribution in [3.63, 3.8) is 0 Å². The molecule has 4 nitrogen and oxygen atoms in total. The maximum atomic E-state index is 5.20. The van der Waals surface area contributed by atoms with Crippen LogP contribution in [0.5, 0.6) is 0 Å². The van der Waals surface area contributed by atoms with Crippen molar-refractivity contribution in [2.24, 2.45) is 0 Å². The lowest BCUT2D eigenvalue weighted by molar-refractivity contribution is -0.282. The second kappa shape index (κ2) is 8.97. The van der Waals surface area contributed by atoms with E-state index in [-0.39, 0.29) is 0 Å². The summed E-state index contributed by atoms with van der Waals surface area (Å²) < 4.78 is 2.55. The molecule has 4 rings (SSSR count). The maximum Gasteiger partial charge on any atom is 0.107 e. The van der Waals surface area contributed by atoms with Crippen LogP contribution in [0.4, 0.5) is 0 Å². The molecule has 0 saturated heterocycles. The van der Waals surface area contributed by atoms with Gasteiger partial charge in [-0.15, -0.1) is 0 Å². The van der Waals surface area contributed by atoms with Gasteiger partial charge in [0, 0.05) is 23.6 Å². The highest BCUT2D eigenvalue weighted by Crippen LogP contribution is 2.44. The van der Waals surface area contributed by atoms with Crippen LogP contribution in [0, 0.1) is 0 Å². The average molecular weight is 381 g/mol. The molecule has 28 heavy (non-hydrogen) atoms. The van der Waals surface area contributed by atoms with Crippen LogP contribution < -0.4 is 0 Å². The first-order valence-corrected chi connectivity index (χ1v) is 10.8. The van der Waals surface area contributed by atoms with Crippen molar-refractivity contribution < 1.29 is 9.78 Å². The van der Waals surface area contributed by atoms with Crippen molar-refractivity contribution in [2.45, 2.75) is 70.9 Å². The van der Waals surface area contributed by atoms with Crippen LogP contribution in [0.1, 0.15) is 68.9 Å². The fourth-order valence-electron chi connectivity index (χ4n) is 4.76. The Labute approximate surface area is 167 Å². The van der Waals surface area contributed by atoms with Gasteiger partial charge in [0.2, 0.25) is 0 Å². The molecule has 0 amide bonds. The van der Waals surface area contributed by atoms with Gasteiger partial charge in [-0.05, 0) is 54.5 Å². The molecule has 0 radical (unpaired) electrons. The number of hydrogen-bond acceptors (Lipinski definition) is 2. The van der Waals surface area contributed by atoms with Gasteiger partial charge in [0.25, 0.3) is 0 Å². The number of H-pyrrole nitrogens is 1. The molecular weight excluding hydrogens is 348 g/mol. The molecule has 1 N–H and O–H groups in total. The van der Waals surface area contributed by atoms with Gasteiger partial charge in [-0.25, -0.2) is 9.78 Å². The first-order valence-electron chi connectivity index (χ1n) is 10.8. The molecule has 1 aromatic carbocycles. The summed E-state index contributed by atoms with van der Waals surface area (Å²) in [5.41, 5.74) is 6.66. The van der Waals surface area contributed by atoms with Crippen molar-refractivity contribution in [2.75, 3.05) is 7.11 Å². The molecule has 3 aromatic rings. The van der Waals surface area contributed by atoms with Crippen LogP contribution in [0.15, 0.2) is 36.5 Å². The van der Waals surface area contributed by atoms with Crippen LogP contribution >= 0.6 is 0 Å². The number of fused-ring (bicyclic) bond motifs is 1. The molecule has 1 aliphatic carbocycles. The highest BCUT2D eigenvalue weighted by atomic mass is 17.2. The third kappa shape index (κ3) is 3.76. The van der Waals surface area contributed by atoms with Crippen molar-refractivity contribution in [1.82, 2.24) is 9.55 Å². The number of aromatic amines is 1. The number of unbranched alkanes of at least 4 members (excludes halogenated alkanes) is 1. The minimum atomic E-state index is 0.474. The summed E-state index contributed by atoms with van der Waals surface area (Å²) >= 11 is 0. The Balaban J connectivity index is 1.91. The highest BCUT2D eigenvalue weighted by molar-refractivity contribution is 5.92. The number of benzene rings is 1. The van der Waals surface area contributed by atoms with Crippen LogP contribution in [-0.4, -0.2) is 16.7 Å². The summed E-state index contributed by atoms with van der Waals surface area (Å²) in [6, 6.07) is 11.1. The molecule has 0 atom stereocenters. The van der Waals surface area contributed by atoms with E-state index >= 15 is 0 Å². The lowest BCUT2D eigenvalue weighted by atomic mass is 9.82. The molecule has 150 valence electrons. The van der Waals surface area contributed by atoms with Gasteiger partial charge >= 0.3 is 0 Å². The van der Waals surface area contributed by atoms with E-state index < -0.39 is 0 Å². The quantitative estimate of drug-likeness (QED) is 0.355. The van der Waals surface area contributed by atoms with Gasteiger partial charge in [-0.1, -0.05) is 44.7 Å². The Morgan fingerprint density at radius 1 is 1.14 bits per heavy atom. The monoisotopic (exact) mass is 380 g/mol. The fraction of sp³-hybridized carbons (Fsp3) is 0.500. The van der Waals surface area contributed by atoms with Gasteiger partial charge in [0.15, 0.2) is 0 Å². The zero-order chi connectivity index (χ0) is 19.3. The molecule has 4 heteroatoms. The predicted molar refractivity (Wildman–Crippen MR) is 114 cm³/mol. The molecule has 0 spiro atoms. The fourth-order valence-corrected chi connectivity index (χ4v) is 4.76. The predicted octanol–water partition coefficient (Wildman–Crippen LogP) is 6.56. The zero-order valence-corrected chi connectivity index (χ0v) is 17.2. The zero-order valence-electron chi connectivity index (χ0n) is 17.2. The lowest BCUT2D eigenvalue weighted by Crippen LogP contribution is -2.07. The molecule has 1 aliphatic rings. The average Bonchev–Trinajstić information content (AvgIpc) is 3.37. The molecular formula is C24H32N2O2. The van der Waals surface area contributed by atoms with Crippen LogP contribution in [0.3, 0.4) is 0 Å². The van der Waals surface area contributed by atoms with Crippen molar-refractivity contribution in [1.29, 1.82) is 0 Å². The Kier molecular flexibility index (Phi) is 6.18. The minimum Gasteiger partial charge on any atom is -0.360 e. The Hall–Kier alpha value is -2.04. The van der Waals surface area contributed by atoms with E-state index in [1.807, 2.05) is 6.20 Å². The van der Waals surface area contributed by atoms with Gasteiger partial charge in [-0.3, -0.25) is 0 Å². The Bertz CT molecular complexity index is 889. The molecule has 1 saturated carbocycles. The van der Waals surface area contributed by atoms with Gasteiger partial charge in [-0.2, -0.15) is 0 Å². The first-order chi connectivity index (χ1) is 13.8. The molecule has 0 unspecified atom stereocenters. The number of aryl methyl sites for hydroxylation is 1. The number of rotatable bonds is 8. The van der Waals surface area contributed by atoms with Crippen LogP contribution in [0.25, 0.3) is 22.3 Å². The Morgan fingerprint density at radius 3 is 2.71 bits per heavy atom. The van der Waals surface area contributed by atoms with Gasteiger partial charge in [0.1, 0.15) is 6.61 Å². The standard InChI is InChI=1S/C24H32N2O2/c1-3-4-15-26-22-16-18(17-28-27-2)12-13-20(22)23(19-9-6-5-7-10-19)24(26)21-11-8-14-25-21/h8,11-14,16,19,25H,3-7,9-10,15,17H2,1-2H3. The van der Waals surface area contributed by atoms with Gasteiger partial charge in [0.05, 0.1) is 18.5 Å². The van der Waals surface area contributed by atoms with E-state index in [1.165, 1.54) is 67.2 Å². The minimum absolute atomic E-state index is 0.474. The summed E-state index contributed by atoms with van der Waals surface area (Å²) in [5.74, 6) is 0.651. The van der Waals surface area contributed by atoms with E-state index in [0.29, 0.717) is 12.5 Å². The summed E-state index contributed by atoms with van der Waals surface area (Å²) in [5, 5.41) is 1.41. The summed E-state index contributed by atoms with van der Waals surface area (Å²) in [6.45, 7) is 3.78. The molecule has 0 bridgehead atoms. The smallest absolute Gasteiger partial charge is 0.107 e. The van der Waals surface area contributed by atoms with Gasteiger partial charge < -0.3 is 9.55 Å². The first kappa shape index (κ1) is 19.3. The number of hydrogen-bond donors (Lipinski definition) is 1. The SMILES string of the molecule is CCCCn1c(-c2ccc[nH]2)c(C2CCCCC2)c2ccc(COOC)cc21. The molecule has 1 fully saturated rings. The van der Waals surface area contributed by atoms with Crippen molar-refractivity contribution >= 4 is 10.9 Å². The third-order valence-corrected chi connectivity index (χ3v) is 6.11. The second-order valence-electron chi connectivity index (χ2n) is 7.97. The van der Waals surface area contributed by atoms with Crippen LogP contribution in [-0.2, 0) is 22.9 Å². The van der Waals surface area contributed by atoms with Crippen LogP contribution in [0.2, 0.25) is 0 Å². The number of nitrogens with zero attached hydrogens (tertiary/aromatic N) is 1. The normalized spacial score (nSPS) is 15.5. The number of aromatic nitrogens is 2. The topological polar surface area (TPSA) is 39.2 Å². The molecule has 2 aromatic heterocycles. The van der Waals surface area contributed by atoms with E-state index in [1.54, 1.807) is 12.7 Å².